The molecule has 25 heavy (non-hydrogen) atoms. The van der Waals surface area contributed by atoms with Gasteiger partial charge in [0.1, 0.15) is 12.4 Å². The number of hydrogen-bond acceptors (Lipinski definition) is 5. The Hall–Kier alpha value is -2.83. The monoisotopic (exact) mass is 348 g/mol. The first-order valence-electron chi connectivity index (χ1n) is 7.78. The second kappa shape index (κ2) is 7.38. The van der Waals surface area contributed by atoms with Crippen molar-refractivity contribution in [3.05, 3.63) is 39.5 Å². The summed E-state index contributed by atoms with van der Waals surface area (Å²) < 4.78 is 10.4. The van der Waals surface area contributed by atoms with Gasteiger partial charge in [0.05, 0.1) is 18.2 Å². The quantitative estimate of drug-likeness (QED) is 0.576. The summed E-state index contributed by atoms with van der Waals surface area (Å²) in [5, 5.41) is 18.4. The van der Waals surface area contributed by atoms with Crippen molar-refractivity contribution >= 4 is 17.9 Å². The Morgan fingerprint density at radius 1 is 1.28 bits per heavy atom. The molecule has 0 radical (unpaired) electrons. The molecule has 1 aliphatic heterocycles. The Balaban J connectivity index is 2.53. The van der Waals surface area contributed by atoms with Crippen LogP contribution in [-0.4, -0.2) is 35.2 Å². The van der Waals surface area contributed by atoms with Crippen LogP contribution in [0.5, 0.6) is 5.75 Å². The molecule has 0 bridgehead atoms. The molecule has 1 aromatic rings. The number of fused-ring (bicyclic) bond motifs is 1. The summed E-state index contributed by atoms with van der Waals surface area (Å²) in [6, 6.07) is 0. The van der Waals surface area contributed by atoms with Crippen LogP contribution in [0.3, 0.4) is 0 Å². The minimum atomic E-state index is -1.22. The Morgan fingerprint density at radius 2 is 1.96 bits per heavy atom. The van der Waals surface area contributed by atoms with Crippen molar-refractivity contribution in [1.82, 2.24) is 0 Å². The van der Waals surface area contributed by atoms with Crippen molar-refractivity contribution < 1.29 is 34.1 Å². The molecule has 2 rings (SSSR count). The van der Waals surface area contributed by atoms with Gasteiger partial charge in [-0.1, -0.05) is 11.6 Å². The number of carbonyl (C=O) groups excluding carboxylic acids is 1. The maximum Gasteiger partial charge on any atom is 0.339 e. The summed E-state index contributed by atoms with van der Waals surface area (Å²) in [6.07, 6.45) is 2.35. The van der Waals surface area contributed by atoms with Crippen molar-refractivity contribution in [1.29, 1.82) is 0 Å². The van der Waals surface area contributed by atoms with E-state index in [-0.39, 0.29) is 30.6 Å². The van der Waals surface area contributed by atoms with Gasteiger partial charge in [0, 0.05) is 17.5 Å². The standard InChI is InChI=1S/C18H20O7/c1-9(5-7-13(19)20)4-6-11-14(17(21)22)15-12(8-25-18(15)23)10(2)16(11)24-3/h4H,5-8H2,1-3H3,(H,19,20)(H,21,22)/b9-4+. The van der Waals surface area contributed by atoms with Crippen molar-refractivity contribution in [3.63, 3.8) is 0 Å². The van der Waals surface area contributed by atoms with Gasteiger partial charge in [0.2, 0.25) is 0 Å². The third kappa shape index (κ3) is 3.65. The molecule has 7 heteroatoms. The number of esters is 1. The number of carboxylic acid groups (broad SMARTS) is 2. The number of cyclic esters (lactones) is 1. The first-order chi connectivity index (χ1) is 11.8. The maximum absolute atomic E-state index is 12.0. The largest absolute Gasteiger partial charge is 0.496 e. The predicted molar refractivity (Wildman–Crippen MR) is 88.1 cm³/mol. The van der Waals surface area contributed by atoms with E-state index >= 15 is 0 Å². The lowest BCUT2D eigenvalue weighted by Crippen LogP contribution is -2.13. The van der Waals surface area contributed by atoms with E-state index < -0.39 is 17.9 Å². The number of methoxy groups -OCH3 is 1. The lowest BCUT2D eigenvalue weighted by molar-refractivity contribution is -0.136. The summed E-state index contributed by atoms with van der Waals surface area (Å²) in [4.78, 5) is 34.5. The Bertz CT molecular complexity index is 774. The van der Waals surface area contributed by atoms with Crippen molar-refractivity contribution in [2.45, 2.75) is 39.7 Å². The van der Waals surface area contributed by atoms with Crippen LogP contribution in [0, 0.1) is 6.92 Å². The fourth-order valence-electron chi connectivity index (χ4n) is 2.97. The smallest absolute Gasteiger partial charge is 0.339 e. The molecule has 134 valence electrons. The van der Waals surface area contributed by atoms with Gasteiger partial charge in [0.15, 0.2) is 0 Å². The number of carboxylic acids is 2. The number of aromatic carboxylic acids is 1. The molecule has 0 aromatic heterocycles. The molecular weight excluding hydrogens is 328 g/mol. The lowest BCUT2D eigenvalue weighted by Gasteiger charge is -2.17. The molecule has 1 aliphatic rings. The Morgan fingerprint density at radius 3 is 2.52 bits per heavy atom. The molecule has 7 nitrogen and oxygen atoms in total. The molecule has 0 aliphatic carbocycles. The highest BCUT2D eigenvalue weighted by molar-refractivity contribution is 6.07. The van der Waals surface area contributed by atoms with E-state index in [4.69, 9.17) is 14.6 Å². The summed E-state index contributed by atoms with van der Waals surface area (Å²) in [7, 11) is 1.45. The van der Waals surface area contributed by atoms with Crippen molar-refractivity contribution in [3.8, 4) is 5.75 Å². The molecule has 1 heterocycles. The van der Waals surface area contributed by atoms with Crippen LogP contribution < -0.4 is 4.74 Å². The average Bonchev–Trinajstić information content (AvgIpc) is 2.92. The third-order valence-electron chi connectivity index (χ3n) is 4.28. The molecule has 0 spiro atoms. The van der Waals surface area contributed by atoms with Gasteiger partial charge < -0.3 is 19.7 Å². The van der Waals surface area contributed by atoms with Gasteiger partial charge in [-0.2, -0.15) is 0 Å². The van der Waals surface area contributed by atoms with Crippen LogP contribution in [0.25, 0.3) is 0 Å². The third-order valence-corrected chi connectivity index (χ3v) is 4.28. The summed E-state index contributed by atoms with van der Waals surface area (Å²) >= 11 is 0. The second-order valence-electron chi connectivity index (χ2n) is 5.89. The first-order valence-corrected chi connectivity index (χ1v) is 7.78. The zero-order valence-corrected chi connectivity index (χ0v) is 14.3. The van der Waals surface area contributed by atoms with E-state index in [0.29, 0.717) is 28.9 Å². The minimum Gasteiger partial charge on any atom is -0.496 e. The Kier molecular flexibility index (Phi) is 5.46. The van der Waals surface area contributed by atoms with Crippen LogP contribution >= 0.6 is 0 Å². The zero-order chi connectivity index (χ0) is 18.7. The number of hydrogen-bond donors (Lipinski definition) is 2. The molecule has 0 amide bonds. The molecule has 0 atom stereocenters. The van der Waals surface area contributed by atoms with Crippen LogP contribution in [-0.2, 0) is 22.6 Å². The van der Waals surface area contributed by atoms with Crippen LogP contribution in [0.2, 0.25) is 0 Å². The maximum atomic E-state index is 12.0. The van der Waals surface area contributed by atoms with E-state index in [0.717, 1.165) is 5.57 Å². The van der Waals surface area contributed by atoms with Crippen molar-refractivity contribution in [2.24, 2.45) is 0 Å². The molecule has 2 N–H and O–H groups in total. The molecule has 1 aromatic carbocycles. The number of rotatable bonds is 7. The molecule has 0 fully saturated rings. The minimum absolute atomic E-state index is 0.000791. The number of aliphatic carboxylic acids is 1. The fraction of sp³-hybridized carbons (Fsp3) is 0.389. The summed E-state index contributed by atoms with van der Waals surface area (Å²) in [6.45, 7) is 3.57. The molecule has 0 saturated heterocycles. The van der Waals surface area contributed by atoms with Gasteiger partial charge in [-0.15, -0.1) is 0 Å². The van der Waals surface area contributed by atoms with Crippen LogP contribution in [0.1, 0.15) is 57.2 Å². The predicted octanol–water partition coefficient (Wildman–Crippen LogP) is 2.73. The van der Waals surface area contributed by atoms with Gasteiger partial charge in [-0.05, 0) is 32.3 Å². The van der Waals surface area contributed by atoms with E-state index in [1.165, 1.54) is 7.11 Å². The number of carbonyl (C=O) groups is 3. The van der Waals surface area contributed by atoms with E-state index in [1.807, 2.05) is 0 Å². The van der Waals surface area contributed by atoms with Gasteiger partial charge in [-0.25, -0.2) is 9.59 Å². The number of benzene rings is 1. The van der Waals surface area contributed by atoms with E-state index in [2.05, 4.69) is 0 Å². The van der Waals surface area contributed by atoms with E-state index in [1.54, 1.807) is 19.9 Å². The average molecular weight is 348 g/mol. The summed E-state index contributed by atoms with van der Waals surface area (Å²) in [5.41, 5.74) is 2.40. The topological polar surface area (TPSA) is 110 Å². The SMILES string of the molecule is COc1c(C)c2c(c(C(=O)O)c1C/C=C(\C)CCC(=O)O)C(=O)OC2. The molecule has 0 saturated carbocycles. The highest BCUT2D eigenvalue weighted by atomic mass is 16.5. The van der Waals surface area contributed by atoms with Gasteiger partial charge in [-0.3, -0.25) is 4.79 Å². The zero-order valence-electron chi connectivity index (χ0n) is 14.3. The highest BCUT2D eigenvalue weighted by Gasteiger charge is 2.34. The van der Waals surface area contributed by atoms with Crippen LogP contribution in [0.4, 0.5) is 0 Å². The lowest BCUT2D eigenvalue weighted by atomic mass is 9.90. The molecule has 0 unspecified atom stereocenters. The van der Waals surface area contributed by atoms with Gasteiger partial charge in [0.25, 0.3) is 0 Å². The van der Waals surface area contributed by atoms with Gasteiger partial charge >= 0.3 is 17.9 Å². The molecular formula is C18H20O7. The fourth-order valence-corrected chi connectivity index (χ4v) is 2.97. The Labute approximate surface area is 144 Å². The highest BCUT2D eigenvalue weighted by Crippen LogP contribution is 2.38. The number of allylic oxidation sites excluding steroid dienone is 2. The van der Waals surface area contributed by atoms with Crippen LogP contribution in [0.15, 0.2) is 11.6 Å². The van der Waals surface area contributed by atoms with E-state index in [9.17, 15) is 19.5 Å². The first kappa shape index (κ1) is 18.5. The van der Waals surface area contributed by atoms with Crippen molar-refractivity contribution in [2.75, 3.05) is 7.11 Å². The second-order valence-corrected chi connectivity index (χ2v) is 5.89. The number of ether oxygens (including phenoxy) is 2. The summed E-state index contributed by atoms with van der Waals surface area (Å²) in [5.74, 6) is -2.35. The normalized spacial score (nSPS) is 13.4.